The minimum atomic E-state index is -0.523. The van der Waals surface area contributed by atoms with E-state index in [9.17, 15) is 14.9 Å². The average Bonchev–Trinajstić information content (AvgIpc) is 2.46. The van der Waals surface area contributed by atoms with Crippen LogP contribution in [0.25, 0.3) is 0 Å². The highest BCUT2D eigenvalue weighted by atomic mass is 16.6. The Morgan fingerprint density at radius 1 is 1.14 bits per heavy atom. The summed E-state index contributed by atoms with van der Waals surface area (Å²) in [5.74, 6) is 5.37. The zero-order valence-electron chi connectivity index (χ0n) is 11.2. The molecule has 0 unspecified atom stereocenters. The summed E-state index contributed by atoms with van der Waals surface area (Å²) in [4.78, 5) is 21.3. The van der Waals surface area contributed by atoms with Gasteiger partial charge >= 0.3 is 5.97 Å². The summed E-state index contributed by atoms with van der Waals surface area (Å²) in [6.07, 6.45) is 0. The van der Waals surface area contributed by atoms with Gasteiger partial charge in [-0.3, -0.25) is 14.9 Å². The summed E-state index contributed by atoms with van der Waals surface area (Å²) in [7, 11) is 0. The molecule has 0 aromatic heterocycles. The van der Waals surface area contributed by atoms with Gasteiger partial charge in [-0.2, -0.15) is 0 Å². The highest BCUT2D eigenvalue weighted by molar-refractivity contribution is 5.71. The van der Waals surface area contributed by atoms with Gasteiger partial charge in [-0.05, 0) is 18.2 Å². The molecular weight excluding hydrogens is 270 g/mol. The SMILES string of the molecule is CC(=O)Oc1ccc([N+](=O)[O-])cc1C#Cc1ccccc1. The maximum absolute atomic E-state index is 11.1. The fourth-order valence-electron chi connectivity index (χ4n) is 1.63. The van der Waals surface area contributed by atoms with Crippen LogP contribution in [0.15, 0.2) is 48.5 Å². The third-order valence-electron chi connectivity index (χ3n) is 2.54. The number of nitro groups is 1. The number of carbonyl (C=O) groups is 1. The van der Waals surface area contributed by atoms with E-state index in [2.05, 4.69) is 11.8 Å². The van der Waals surface area contributed by atoms with Crippen molar-refractivity contribution in [2.75, 3.05) is 0 Å². The van der Waals surface area contributed by atoms with Gasteiger partial charge in [0.05, 0.1) is 10.5 Å². The minimum Gasteiger partial charge on any atom is -0.425 e. The molecule has 0 saturated carbocycles. The van der Waals surface area contributed by atoms with E-state index in [0.717, 1.165) is 5.56 Å². The Hall–Kier alpha value is -3.13. The van der Waals surface area contributed by atoms with E-state index in [1.807, 2.05) is 30.3 Å². The lowest BCUT2D eigenvalue weighted by Gasteiger charge is -2.03. The van der Waals surface area contributed by atoms with E-state index in [1.54, 1.807) is 0 Å². The van der Waals surface area contributed by atoms with Crippen LogP contribution in [0.5, 0.6) is 5.75 Å². The number of hydrogen-bond donors (Lipinski definition) is 0. The van der Waals surface area contributed by atoms with Crippen LogP contribution >= 0.6 is 0 Å². The van der Waals surface area contributed by atoms with E-state index < -0.39 is 10.9 Å². The van der Waals surface area contributed by atoms with Crippen LogP contribution in [0.3, 0.4) is 0 Å². The predicted molar refractivity (Wildman–Crippen MR) is 76.8 cm³/mol. The first kappa shape index (κ1) is 14.3. The maximum Gasteiger partial charge on any atom is 0.308 e. The normalized spacial score (nSPS) is 9.38. The Bertz CT molecular complexity index is 742. The molecule has 0 heterocycles. The monoisotopic (exact) mass is 281 g/mol. The summed E-state index contributed by atoms with van der Waals surface area (Å²) < 4.78 is 5.00. The molecule has 0 spiro atoms. The van der Waals surface area contributed by atoms with Gasteiger partial charge in [-0.1, -0.05) is 30.0 Å². The van der Waals surface area contributed by atoms with Gasteiger partial charge in [-0.25, -0.2) is 0 Å². The largest absolute Gasteiger partial charge is 0.425 e. The molecular formula is C16H11NO4. The molecule has 0 aliphatic carbocycles. The quantitative estimate of drug-likeness (QED) is 0.279. The summed E-state index contributed by atoms with van der Waals surface area (Å²) in [5.41, 5.74) is 0.948. The van der Waals surface area contributed by atoms with E-state index >= 15 is 0 Å². The number of carbonyl (C=O) groups excluding carboxylic acids is 1. The van der Waals surface area contributed by atoms with Gasteiger partial charge < -0.3 is 4.74 Å². The Balaban J connectivity index is 2.43. The molecule has 0 aliphatic rings. The van der Waals surface area contributed by atoms with Gasteiger partial charge in [0.1, 0.15) is 5.75 Å². The van der Waals surface area contributed by atoms with Crippen LogP contribution in [0.2, 0.25) is 0 Å². The molecule has 2 aromatic rings. The lowest BCUT2D eigenvalue weighted by atomic mass is 10.1. The Kier molecular flexibility index (Phi) is 4.32. The first-order valence-electron chi connectivity index (χ1n) is 6.10. The molecule has 0 saturated heterocycles. The summed E-state index contributed by atoms with van der Waals surface area (Å²) in [6, 6.07) is 13.1. The van der Waals surface area contributed by atoms with Gasteiger partial charge in [0.15, 0.2) is 0 Å². The molecule has 0 bridgehead atoms. The summed E-state index contributed by atoms with van der Waals surface area (Å²) in [5, 5.41) is 10.8. The highest BCUT2D eigenvalue weighted by Crippen LogP contribution is 2.23. The predicted octanol–water partition coefficient (Wildman–Crippen LogP) is 2.92. The van der Waals surface area contributed by atoms with Crippen molar-refractivity contribution in [2.45, 2.75) is 6.92 Å². The van der Waals surface area contributed by atoms with Crippen molar-refractivity contribution in [2.24, 2.45) is 0 Å². The van der Waals surface area contributed by atoms with Crippen LogP contribution in [-0.2, 0) is 4.79 Å². The van der Waals surface area contributed by atoms with Crippen molar-refractivity contribution >= 4 is 11.7 Å². The minimum absolute atomic E-state index is 0.108. The summed E-state index contributed by atoms with van der Waals surface area (Å²) in [6.45, 7) is 1.26. The molecule has 0 fully saturated rings. The topological polar surface area (TPSA) is 69.4 Å². The molecule has 5 nitrogen and oxygen atoms in total. The molecule has 0 N–H and O–H groups in total. The lowest BCUT2D eigenvalue weighted by molar-refractivity contribution is -0.384. The Morgan fingerprint density at radius 3 is 2.48 bits per heavy atom. The van der Waals surface area contributed by atoms with Crippen molar-refractivity contribution < 1.29 is 14.5 Å². The molecule has 21 heavy (non-hydrogen) atoms. The first-order chi connectivity index (χ1) is 10.1. The second kappa shape index (κ2) is 6.35. The number of esters is 1. The highest BCUT2D eigenvalue weighted by Gasteiger charge is 2.11. The van der Waals surface area contributed by atoms with Gasteiger partial charge in [0, 0.05) is 24.6 Å². The molecule has 0 radical (unpaired) electrons. The molecule has 0 atom stereocenters. The maximum atomic E-state index is 11.1. The standard InChI is InChI=1S/C16H11NO4/c1-12(18)21-16-10-9-15(17(19)20)11-14(16)8-7-13-5-3-2-4-6-13/h2-6,9-11H,1H3. The summed E-state index contributed by atoms with van der Waals surface area (Å²) >= 11 is 0. The number of rotatable bonds is 2. The number of hydrogen-bond acceptors (Lipinski definition) is 4. The van der Waals surface area contributed by atoms with Gasteiger partial charge in [0.2, 0.25) is 0 Å². The molecule has 104 valence electrons. The van der Waals surface area contributed by atoms with E-state index in [-0.39, 0.29) is 11.4 Å². The van der Waals surface area contributed by atoms with Crippen molar-refractivity contribution in [1.82, 2.24) is 0 Å². The van der Waals surface area contributed by atoms with Crippen molar-refractivity contribution in [3.63, 3.8) is 0 Å². The van der Waals surface area contributed by atoms with Crippen LogP contribution in [0.4, 0.5) is 5.69 Å². The molecule has 2 aromatic carbocycles. The van der Waals surface area contributed by atoms with E-state index in [0.29, 0.717) is 5.56 Å². The number of non-ortho nitro benzene ring substituents is 1. The fraction of sp³-hybridized carbons (Fsp3) is 0.0625. The third-order valence-corrected chi connectivity index (χ3v) is 2.54. The van der Waals surface area contributed by atoms with Gasteiger partial charge in [-0.15, -0.1) is 0 Å². The van der Waals surface area contributed by atoms with Crippen LogP contribution in [0, 0.1) is 22.0 Å². The van der Waals surface area contributed by atoms with E-state index in [4.69, 9.17) is 4.74 Å². The number of nitro benzene ring substituents is 1. The van der Waals surface area contributed by atoms with Gasteiger partial charge in [0.25, 0.3) is 5.69 Å². The smallest absolute Gasteiger partial charge is 0.308 e. The first-order valence-corrected chi connectivity index (χ1v) is 6.10. The number of nitrogens with zero attached hydrogens (tertiary/aromatic N) is 1. The zero-order valence-corrected chi connectivity index (χ0v) is 11.2. The van der Waals surface area contributed by atoms with Crippen molar-refractivity contribution in [3.8, 4) is 17.6 Å². The van der Waals surface area contributed by atoms with E-state index in [1.165, 1.54) is 25.1 Å². The fourth-order valence-corrected chi connectivity index (χ4v) is 1.63. The second-order valence-electron chi connectivity index (χ2n) is 4.15. The Labute approximate surface area is 121 Å². The van der Waals surface area contributed by atoms with Crippen LogP contribution < -0.4 is 4.74 Å². The third kappa shape index (κ3) is 3.91. The average molecular weight is 281 g/mol. The zero-order chi connectivity index (χ0) is 15.2. The van der Waals surface area contributed by atoms with Crippen LogP contribution in [-0.4, -0.2) is 10.9 Å². The van der Waals surface area contributed by atoms with Crippen LogP contribution in [0.1, 0.15) is 18.1 Å². The molecule has 0 aliphatic heterocycles. The van der Waals surface area contributed by atoms with Crippen molar-refractivity contribution in [1.29, 1.82) is 0 Å². The Morgan fingerprint density at radius 2 is 1.86 bits per heavy atom. The van der Waals surface area contributed by atoms with Crippen molar-refractivity contribution in [3.05, 3.63) is 69.8 Å². The lowest BCUT2D eigenvalue weighted by Crippen LogP contribution is -2.03. The second-order valence-corrected chi connectivity index (χ2v) is 4.15. The molecule has 5 heteroatoms. The number of ether oxygens (including phenoxy) is 1. The molecule has 2 rings (SSSR count). The molecule has 0 amide bonds. The number of benzene rings is 2.